The van der Waals surface area contributed by atoms with Crippen molar-refractivity contribution in [2.75, 3.05) is 6.61 Å². The van der Waals surface area contributed by atoms with E-state index in [4.69, 9.17) is 17.2 Å². The summed E-state index contributed by atoms with van der Waals surface area (Å²) >= 11 is 0. The van der Waals surface area contributed by atoms with Crippen LogP contribution in [0, 0.1) is 0 Å². The van der Waals surface area contributed by atoms with E-state index >= 15 is 0 Å². The van der Waals surface area contributed by atoms with Gasteiger partial charge in [-0.25, -0.2) is 4.57 Å². The van der Waals surface area contributed by atoms with Crippen molar-refractivity contribution >= 4 is 13.8 Å². The zero-order chi connectivity index (χ0) is 9.78. The molecule has 0 radical (unpaired) electrons. The maximum absolute atomic E-state index is 10.4. The second-order valence-electron chi connectivity index (χ2n) is 1.71. The van der Waals surface area contributed by atoms with Gasteiger partial charge in [0, 0.05) is 0 Å². The van der Waals surface area contributed by atoms with Crippen LogP contribution in [0.2, 0.25) is 0 Å². The quantitative estimate of drug-likeness (QED) is 0.384. The van der Waals surface area contributed by atoms with Gasteiger partial charge >= 0.3 is 13.8 Å². The fourth-order valence-corrected chi connectivity index (χ4v) is 0.595. The van der Waals surface area contributed by atoms with Gasteiger partial charge in [-0.3, -0.25) is 9.32 Å². The van der Waals surface area contributed by atoms with E-state index in [1.54, 1.807) is 0 Å². The smallest absolute Gasteiger partial charge is 0.469 e. The minimum absolute atomic E-state index is 0.692. The van der Waals surface area contributed by atoms with Crippen LogP contribution in [0.25, 0.3) is 0 Å². The molecule has 66 valence electrons. The largest absolute Gasteiger partial charge is 0.480 e. The lowest BCUT2D eigenvalue weighted by Gasteiger charge is -2.07. The maximum Gasteiger partial charge on any atom is 0.469 e. The molecule has 0 heterocycles. The molecule has 0 fully saturated rings. The van der Waals surface area contributed by atoms with E-state index in [1.807, 2.05) is 0 Å². The van der Waals surface area contributed by atoms with Crippen LogP contribution < -0.4 is 5.73 Å². The SMILES string of the molecule is [2H]OP(=O)(O)OC[C@H](N)C(=O)O. The molecule has 7 nitrogen and oxygen atoms in total. The van der Waals surface area contributed by atoms with Crippen LogP contribution in [0.1, 0.15) is 0 Å². The predicted octanol–water partition coefficient (Wildman–Crippen LogP) is -1.49. The van der Waals surface area contributed by atoms with Crippen LogP contribution in [-0.2, 0) is 13.9 Å². The van der Waals surface area contributed by atoms with Crippen molar-refractivity contribution in [1.82, 2.24) is 0 Å². The number of rotatable bonds is 5. The van der Waals surface area contributed by atoms with Crippen LogP contribution in [0.3, 0.4) is 0 Å². The lowest BCUT2D eigenvalue weighted by Crippen LogP contribution is -2.34. The number of carbonyl (C=O) groups is 1. The fourth-order valence-electron chi connectivity index (χ4n) is 0.246. The van der Waals surface area contributed by atoms with E-state index in [0.29, 0.717) is 0 Å². The van der Waals surface area contributed by atoms with E-state index in [1.165, 1.54) is 0 Å². The minimum Gasteiger partial charge on any atom is -0.480 e. The molecule has 0 aromatic carbocycles. The summed E-state index contributed by atoms with van der Waals surface area (Å²) in [4.78, 5) is 21.7. The summed E-state index contributed by atoms with van der Waals surface area (Å²) in [6, 6.07) is -1.42. The van der Waals surface area contributed by atoms with E-state index in [2.05, 4.69) is 9.42 Å². The third-order valence-corrected chi connectivity index (χ3v) is 1.21. The van der Waals surface area contributed by atoms with Crippen LogP contribution in [-0.4, -0.2) is 34.9 Å². The van der Waals surface area contributed by atoms with Crippen LogP contribution in [0.5, 0.6) is 0 Å². The molecule has 5 N–H and O–H groups in total. The third-order valence-electron chi connectivity index (χ3n) is 0.734. The first-order valence-electron chi connectivity index (χ1n) is 2.90. The van der Waals surface area contributed by atoms with Crippen molar-refractivity contribution in [2.24, 2.45) is 5.73 Å². The number of carboxylic acids is 1. The maximum atomic E-state index is 10.4. The molecule has 0 aliphatic carbocycles. The van der Waals surface area contributed by atoms with Gasteiger partial charge in [-0.1, -0.05) is 0 Å². The van der Waals surface area contributed by atoms with Gasteiger partial charge in [-0.2, -0.15) is 0 Å². The predicted molar refractivity (Wildman–Crippen MR) is 33.6 cm³/mol. The fraction of sp³-hybridized carbons (Fsp3) is 0.667. The molecule has 1 unspecified atom stereocenters. The Balaban J connectivity index is 3.83. The topological polar surface area (TPSA) is 130 Å². The highest BCUT2D eigenvalue weighted by Crippen LogP contribution is 2.35. The minimum atomic E-state index is -4.44. The third kappa shape index (κ3) is 5.96. The van der Waals surface area contributed by atoms with Gasteiger partial charge < -0.3 is 20.6 Å². The number of hydrogen-bond acceptors (Lipinski definition) is 5. The van der Waals surface area contributed by atoms with Gasteiger partial charge in [0.25, 0.3) is 0 Å². The van der Waals surface area contributed by atoms with Gasteiger partial charge in [0.05, 0.1) is 6.61 Å². The second-order valence-corrected chi connectivity index (χ2v) is 2.90. The van der Waals surface area contributed by atoms with Crippen molar-refractivity contribution in [3.63, 3.8) is 0 Å². The second kappa shape index (κ2) is 3.80. The van der Waals surface area contributed by atoms with Gasteiger partial charge in [0.2, 0.25) is 1.43 Å². The number of phosphoric acid groups is 1. The van der Waals surface area contributed by atoms with Crippen LogP contribution >= 0.6 is 7.82 Å². The van der Waals surface area contributed by atoms with Crippen molar-refractivity contribution < 1.29 is 28.8 Å². The molecule has 0 aliphatic rings. The summed E-state index contributed by atoms with van der Waals surface area (Å²) in [6.07, 6.45) is 0. The molecule has 0 saturated carbocycles. The summed E-state index contributed by atoms with van der Waals surface area (Å²) in [5.41, 5.74) is 4.90. The molecular formula is C3H8NO6P. The van der Waals surface area contributed by atoms with Gasteiger partial charge in [0.1, 0.15) is 6.04 Å². The first-order chi connectivity index (χ1) is 5.39. The van der Waals surface area contributed by atoms with Gasteiger partial charge in [-0.15, -0.1) is 0 Å². The normalized spacial score (nSPS) is 20.0. The molecule has 0 spiro atoms. The summed E-state index contributed by atoms with van der Waals surface area (Å²) in [5.74, 6) is -1.38. The van der Waals surface area contributed by atoms with Crippen LogP contribution in [0.4, 0.5) is 0 Å². The van der Waals surface area contributed by atoms with E-state index in [-0.39, 0.29) is 0 Å². The number of aliphatic carboxylic acids is 1. The molecule has 8 heteroatoms. The zero-order valence-electron chi connectivity index (χ0n) is 6.34. The molecule has 0 rings (SSSR count). The average molecular weight is 186 g/mol. The number of nitrogens with two attached hydrogens (primary N) is 1. The average Bonchev–Trinajstić information content (AvgIpc) is 2.00. The number of hydrogen-bond donors (Lipinski definition) is 4. The first-order valence-corrected chi connectivity index (χ1v) is 3.99. The molecule has 0 aliphatic heterocycles. The van der Waals surface area contributed by atoms with E-state index < -0.39 is 26.4 Å². The lowest BCUT2D eigenvalue weighted by molar-refractivity contribution is -0.139. The molecule has 2 atom stereocenters. The summed E-state index contributed by atoms with van der Waals surface area (Å²) in [6.45, 7) is -0.692. The van der Waals surface area contributed by atoms with Gasteiger partial charge in [-0.05, 0) is 0 Å². The Labute approximate surface area is 63.5 Å². The molecule has 0 aromatic heterocycles. The number of carboxylic acid groups (broad SMARTS) is 1. The Morgan fingerprint density at radius 3 is 2.82 bits per heavy atom. The molecule has 0 amide bonds. The first kappa shape index (κ1) is 8.63. The highest BCUT2D eigenvalue weighted by molar-refractivity contribution is 7.46. The van der Waals surface area contributed by atoms with Crippen molar-refractivity contribution in [3.05, 3.63) is 0 Å². The summed E-state index contributed by atoms with van der Waals surface area (Å²) < 4.78 is 20.4. The standard InChI is InChI=1S/C3H8NO6P/c4-2(3(5)6)1-10-11(7,8)9/h2H,1,4H2,(H,5,6)(H2,7,8,9)/t2-/m0/s1/i/hD. The van der Waals surface area contributed by atoms with Crippen LogP contribution in [0.15, 0.2) is 0 Å². The van der Waals surface area contributed by atoms with Crippen molar-refractivity contribution in [2.45, 2.75) is 6.04 Å². The molecule has 0 aromatic rings. The monoisotopic (exact) mass is 186 g/mol. The summed E-state index contributed by atoms with van der Waals surface area (Å²) in [5, 5.41) is 8.19. The zero-order valence-corrected chi connectivity index (χ0v) is 6.23. The summed E-state index contributed by atoms with van der Waals surface area (Å²) in [7, 11) is -4.44. The highest BCUT2D eigenvalue weighted by Gasteiger charge is 2.19. The Hall–Kier alpha value is -0.460. The number of phosphoric ester groups is 1. The molecule has 11 heavy (non-hydrogen) atoms. The van der Waals surface area contributed by atoms with Crippen molar-refractivity contribution in [3.8, 4) is 0 Å². The Bertz CT molecular complexity index is 209. The molecule has 0 saturated heterocycles. The van der Waals surface area contributed by atoms with Gasteiger partial charge in [0.15, 0.2) is 0 Å². The lowest BCUT2D eigenvalue weighted by atomic mass is 10.3. The van der Waals surface area contributed by atoms with E-state index in [0.717, 1.165) is 0 Å². The Kier molecular flexibility index (Phi) is 2.98. The van der Waals surface area contributed by atoms with Crippen molar-refractivity contribution in [1.29, 1.82) is 1.43 Å². The molecule has 0 bridgehead atoms. The van der Waals surface area contributed by atoms with E-state index in [9.17, 15) is 9.36 Å². The highest BCUT2D eigenvalue weighted by atomic mass is 31.2. The Morgan fingerprint density at radius 2 is 2.45 bits per heavy atom. The Morgan fingerprint density at radius 1 is 1.91 bits per heavy atom. The molecular weight excluding hydrogens is 177 g/mol.